The molecule has 0 aromatic rings. The number of halogens is 2. The summed E-state index contributed by atoms with van der Waals surface area (Å²) in [4.78, 5) is 9.11. The summed E-state index contributed by atoms with van der Waals surface area (Å²) in [6, 6.07) is 0. The van der Waals surface area contributed by atoms with Crippen molar-refractivity contribution >= 4 is 29.2 Å². The van der Waals surface area contributed by atoms with Crippen molar-refractivity contribution < 1.29 is 9.90 Å². The van der Waals surface area contributed by atoms with E-state index < -0.39 is 11.0 Å². The van der Waals surface area contributed by atoms with E-state index in [9.17, 15) is 4.79 Å². The largest absolute Gasteiger partial charge is 0.479 e. The van der Waals surface area contributed by atoms with Crippen molar-refractivity contribution in [1.29, 1.82) is 0 Å². The van der Waals surface area contributed by atoms with Crippen molar-refractivity contribution in [2.45, 2.75) is 18.3 Å². The van der Waals surface area contributed by atoms with E-state index in [0.717, 1.165) is 0 Å². The number of carboxylic acid groups (broad SMARTS) is 1. The van der Waals surface area contributed by atoms with Crippen LogP contribution >= 0.6 is 23.2 Å². The first-order valence-electron chi connectivity index (χ1n) is 3.01. The van der Waals surface area contributed by atoms with E-state index >= 15 is 0 Å². The van der Waals surface area contributed by atoms with Gasteiger partial charge in [0, 0.05) is 17.2 Å². The topological polar surface area (TPSA) is 49.3 Å². The molecule has 11 heavy (non-hydrogen) atoms. The normalized spacial score (nSPS) is 30.5. The van der Waals surface area contributed by atoms with E-state index in [2.05, 4.69) is 5.32 Å². The number of allylic oxidation sites excluding steroid dienone is 1. The van der Waals surface area contributed by atoms with Crippen LogP contribution < -0.4 is 5.32 Å². The number of rotatable bonds is 1. The molecule has 0 spiro atoms. The molecule has 5 heteroatoms. The minimum absolute atomic E-state index is 0.136. The monoisotopic (exact) mass is 195 g/mol. The summed E-state index contributed by atoms with van der Waals surface area (Å²) in [5.74, 6) is -1.10. The third kappa shape index (κ3) is 1.44. The lowest BCUT2D eigenvalue weighted by Crippen LogP contribution is -2.42. The summed E-state index contributed by atoms with van der Waals surface area (Å²) in [5, 5.41) is 11.7. The highest BCUT2D eigenvalue weighted by molar-refractivity contribution is 6.37. The number of carbonyl (C=O) groups is 1. The SMILES string of the molecule is CC1=C(Cl)CC(Cl)(C(=O)O)N1. The molecule has 0 aliphatic carbocycles. The smallest absolute Gasteiger partial charge is 0.345 e. The van der Waals surface area contributed by atoms with Crippen molar-refractivity contribution in [1.82, 2.24) is 5.32 Å². The van der Waals surface area contributed by atoms with Crippen molar-refractivity contribution in [3.05, 3.63) is 10.7 Å². The Bertz CT molecular complexity index is 223. The average Bonchev–Trinajstić information content (AvgIpc) is 2.09. The fraction of sp³-hybridized carbons (Fsp3) is 0.500. The first-order valence-corrected chi connectivity index (χ1v) is 3.77. The second-order valence-corrected chi connectivity index (χ2v) is 3.54. The zero-order valence-electron chi connectivity index (χ0n) is 5.82. The summed E-state index contributed by atoms with van der Waals surface area (Å²) < 4.78 is 0. The molecule has 0 saturated heterocycles. The van der Waals surface area contributed by atoms with Crippen LogP contribution in [0, 0.1) is 0 Å². The Kier molecular flexibility index (Phi) is 2.03. The Morgan fingerprint density at radius 3 is 2.55 bits per heavy atom. The number of nitrogens with one attached hydrogen (secondary N) is 1. The predicted molar refractivity (Wildman–Crippen MR) is 42.5 cm³/mol. The summed E-state index contributed by atoms with van der Waals surface area (Å²) in [7, 11) is 0. The molecule has 0 radical (unpaired) electrons. The highest BCUT2D eigenvalue weighted by Gasteiger charge is 2.41. The maximum absolute atomic E-state index is 10.5. The molecule has 1 unspecified atom stereocenters. The van der Waals surface area contributed by atoms with Crippen LogP contribution in [0.5, 0.6) is 0 Å². The van der Waals surface area contributed by atoms with Crippen molar-refractivity contribution in [2.75, 3.05) is 0 Å². The number of carboxylic acids is 1. The zero-order chi connectivity index (χ0) is 8.65. The zero-order valence-corrected chi connectivity index (χ0v) is 7.33. The minimum atomic E-state index is -1.43. The van der Waals surface area contributed by atoms with Crippen LogP contribution in [0.15, 0.2) is 10.7 Å². The Labute approximate surface area is 74.0 Å². The van der Waals surface area contributed by atoms with E-state index in [1.165, 1.54) is 0 Å². The van der Waals surface area contributed by atoms with Crippen LogP contribution in [0.1, 0.15) is 13.3 Å². The first-order chi connectivity index (χ1) is 4.96. The minimum Gasteiger partial charge on any atom is -0.479 e. The molecule has 2 N–H and O–H groups in total. The third-order valence-corrected chi connectivity index (χ3v) is 2.34. The molecule has 1 rings (SSSR count). The standard InChI is InChI=1S/C6H7Cl2NO2/c1-3-4(7)2-6(8,9-3)5(10)11/h9H,2H2,1H3,(H,10,11). The molecular formula is C6H7Cl2NO2. The fourth-order valence-electron chi connectivity index (χ4n) is 0.885. The van der Waals surface area contributed by atoms with Gasteiger partial charge in [-0.1, -0.05) is 23.2 Å². The van der Waals surface area contributed by atoms with Gasteiger partial charge in [0.15, 0.2) is 0 Å². The van der Waals surface area contributed by atoms with E-state index in [-0.39, 0.29) is 6.42 Å². The van der Waals surface area contributed by atoms with Gasteiger partial charge in [0.1, 0.15) is 0 Å². The van der Waals surface area contributed by atoms with Crippen LogP contribution in [0.25, 0.3) is 0 Å². The molecule has 62 valence electrons. The molecule has 0 saturated carbocycles. The van der Waals surface area contributed by atoms with E-state index in [0.29, 0.717) is 10.7 Å². The Hall–Kier alpha value is -0.410. The van der Waals surface area contributed by atoms with Gasteiger partial charge in [-0.05, 0) is 6.92 Å². The maximum Gasteiger partial charge on any atom is 0.345 e. The van der Waals surface area contributed by atoms with Crippen molar-refractivity contribution in [3.63, 3.8) is 0 Å². The molecule has 0 fully saturated rings. The van der Waals surface area contributed by atoms with Crippen LogP contribution in [0.2, 0.25) is 0 Å². The second-order valence-electron chi connectivity index (χ2n) is 2.44. The van der Waals surface area contributed by atoms with Crippen molar-refractivity contribution in [3.8, 4) is 0 Å². The number of alkyl halides is 1. The average molecular weight is 196 g/mol. The lowest BCUT2D eigenvalue weighted by molar-refractivity contribution is -0.140. The lowest BCUT2D eigenvalue weighted by Gasteiger charge is -2.16. The molecule has 0 amide bonds. The predicted octanol–water partition coefficient (Wildman–Crippen LogP) is 1.47. The summed E-state index contributed by atoms with van der Waals surface area (Å²) in [5.41, 5.74) is 0.629. The molecular weight excluding hydrogens is 189 g/mol. The molecule has 3 nitrogen and oxygen atoms in total. The van der Waals surface area contributed by atoms with E-state index in [4.69, 9.17) is 28.3 Å². The van der Waals surface area contributed by atoms with E-state index in [1.807, 2.05) is 0 Å². The number of hydrogen-bond acceptors (Lipinski definition) is 2. The van der Waals surface area contributed by atoms with Gasteiger partial charge >= 0.3 is 5.97 Å². The molecule has 0 bridgehead atoms. The van der Waals surface area contributed by atoms with Gasteiger partial charge in [-0.25, -0.2) is 4.79 Å². The molecule has 1 aliphatic heterocycles. The van der Waals surface area contributed by atoms with Gasteiger partial charge in [-0.15, -0.1) is 0 Å². The van der Waals surface area contributed by atoms with Gasteiger partial charge < -0.3 is 10.4 Å². The Morgan fingerprint density at radius 1 is 1.82 bits per heavy atom. The summed E-state index contributed by atoms with van der Waals surface area (Å²) in [6.45, 7) is 1.69. The van der Waals surface area contributed by atoms with Crippen LogP contribution in [0.4, 0.5) is 0 Å². The van der Waals surface area contributed by atoms with Gasteiger partial charge in [-0.2, -0.15) is 0 Å². The molecule has 1 atom stereocenters. The quantitative estimate of drug-likeness (QED) is 0.493. The number of aliphatic carboxylic acids is 1. The molecule has 0 aromatic heterocycles. The molecule has 1 heterocycles. The lowest BCUT2D eigenvalue weighted by atomic mass is 10.2. The van der Waals surface area contributed by atoms with Gasteiger partial charge in [0.05, 0.1) is 0 Å². The Balaban J connectivity index is 2.80. The summed E-state index contributed by atoms with van der Waals surface area (Å²) in [6.07, 6.45) is 0.136. The van der Waals surface area contributed by atoms with Crippen LogP contribution in [-0.4, -0.2) is 16.1 Å². The third-order valence-electron chi connectivity index (χ3n) is 1.53. The van der Waals surface area contributed by atoms with Crippen LogP contribution in [0.3, 0.4) is 0 Å². The Morgan fingerprint density at radius 2 is 2.36 bits per heavy atom. The van der Waals surface area contributed by atoms with Gasteiger partial charge in [-0.3, -0.25) is 0 Å². The maximum atomic E-state index is 10.5. The van der Waals surface area contributed by atoms with Gasteiger partial charge in [0.25, 0.3) is 0 Å². The second kappa shape index (κ2) is 2.57. The van der Waals surface area contributed by atoms with Gasteiger partial charge in [0.2, 0.25) is 5.00 Å². The first kappa shape index (κ1) is 8.68. The van der Waals surface area contributed by atoms with E-state index in [1.54, 1.807) is 6.92 Å². The van der Waals surface area contributed by atoms with Crippen molar-refractivity contribution in [2.24, 2.45) is 0 Å². The highest BCUT2D eigenvalue weighted by atomic mass is 35.5. The highest BCUT2D eigenvalue weighted by Crippen LogP contribution is 2.33. The molecule has 1 aliphatic rings. The number of hydrogen-bond donors (Lipinski definition) is 2. The van der Waals surface area contributed by atoms with Crippen LogP contribution in [-0.2, 0) is 4.79 Å². The summed E-state index contributed by atoms with van der Waals surface area (Å²) >= 11 is 11.3. The molecule has 0 aromatic carbocycles. The fourth-order valence-corrected chi connectivity index (χ4v) is 1.48.